The second-order valence-corrected chi connectivity index (χ2v) is 5.54. The SMILES string of the molecule is CCOc1ccccc1C(=O)O[C@H](C)C(=O)Nc1ccc(C(F)(F)F)cc1. The van der Waals surface area contributed by atoms with Crippen LogP contribution < -0.4 is 10.1 Å². The summed E-state index contributed by atoms with van der Waals surface area (Å²) in [6.45, 7) is 3.48. The smallest absolute Gasteiger partial charge is 0.416 e. The molecule has 0 fully saturated rings. The highest BCUT2D eigenvalue weighted by Gasteiger charge is 2.30. The van der Waals surface area contributed by atoms with Crippen LogP contribution in [0, 0.1) is 0 Å². The van der Waals surface area contributed by atoms with E-state index in [-0.39, 0.29) is 11.3 Å². The van der Waals surface area contributed by atoms with Crippen molar-refractivity contribution in [2.45, 2.75) is 26.1 Å². The van der Waals surface area contributed by atoms with Gasteiger partial charge < -0.3 is 14.8 Å². The van der Waals surface area contributed by atoms with Gasteiger partial charge in [0.2, 0.25) is 0 Å². The maximum Gasteiger partial charge on any atom is 0.416 e. The molecule has 27 heavy (non-hydrogen) atoms. The first-order valence-corrected chi connectivity index (χ1v) is 8.13. The zero-order valence-corrected chi connectivity index (χ0v) is 14.7. The van der Waals surface area contributed by atoms with Crippen LogP contribution >= 0.6 is 0 Å². The number of carbonyl (C=O) groups excluding carboxylic acids is 2. The molecule has 0 saturated heterocycles. The van der Waals surface area contributed by atoms with Gasteiger partial charge in [-0.15, -0.1) is 0 Å². The van der Waals surface area contributed by atoms with Gasteiger partial charge in [0.25, 0.3) is 5.91 Å². The number of ether oxygens (including phenoxy) is 2. The standard InChI is InChI=1S/C19H18F3NO4/c1-3-26-16-7-5-4-6-15(16)18(25)27-12(2)17(24)23-14-10-8-13(9-11-14)19(20,21)22/h4-12H,3H2,1-2H3,(H,23,24)/t12-/m1/s1. The molecule has 0 unspecified atom stereocenters. The van der Waals surface area contributed by atoms with Crippen LogP contribution in [0.2, 0.25) is 0 Å². The summed E-state index contributed by atoms with van der Waals surface area (Å²) in [5.41, 5.74) is -0.494. The summed E-state index contributed by atoms with van der Waals surface area (Å²) in [7, 11) is 0. The van der Waals surface area contributed by atoms with Crippen molar-refractivity contribution in [3.05, 3.63) is 59.7 Å². The molecule has 0 aliphatic carbocycles. The first kappa shape index (κ1) is 20.3. The second kappa shape index (κ2) is 8.57. The van der Waals surface area contributed by atoms with Gasteiger partial charge in [-0.3, -0.25) is 4.79 Å². The van der Waals surface area contributed by atoms with Crippen molar-refractivity contribution in [2.75, 3.05) is 11.9 Å². The Hall–Kier alpha value is -3.03. The molecule has 5 nitrogen and oxygen atoms in total. The lowest BCUT2D eigenvalue weighted by atomic mass is 10.2. The maximum atomic E-state index is 12.5. The van der Waals surface area contributed by atoms with Crippen LogP contribution in [-0.2, 0) is 15.7 Å². The highest BCUT2D eigenvalue weighted by molar-refractivity contribution is 5.98. The molecule has 0 bridgehead atoms. The summed E-state index contributed by atoms with van der Waals surface area (Å²) in [5.74, 6) is -1.08. The average Bonchev–Trinajstić information content (AvgIpc) is 2.62. The fourth-order valence-electron chi connectivity index (χ4n) is 2.18. The van der Waals surface area contributed by atoms with E-state index in [4.69, 9.17) is 9.47 Å². The van der Waals surface area contributed by atoms with Gasteiger partial charge in [-0.05, 0) is 50.2 Å². The number of benzene rings is 2. The number of para-hydroxylation sites is 1. The van der Waals surface area contributed by atoms with E-state index in [1.165, 1.54) is 13.0 Å². The number of alkyl halides is 3. The zero-order chi connectivity index (χ0) is 20.0. The third kappa shape index (κ3) is 5.47. The molecule has 0 aliphatic rings. The third-order valence-electron chi connectivity index (χ3n) is 3.54. The number of halogens is 3. The Labute approximate surface area is 154 Å². The van der Waals surface area contributed by atoms with E-state index < -0.39 is 29.7 Å². The molecule has 0 radical (unpaired) electrons. The van der Waals surface area contributed by atoms with E-state index in [2.05, 4.69) is 5.32 Å². The Morgan fingerprint density at radius 1 is 1.07 bits per heavy atom. The summed E-state index contributed by atoms with van der Waals surface area (Å²) >= 11 is 0. The number of amides is 1. The highest BCUT2D eigenvalue weighted by atomic mass is 19.4. The molecule has 0 spiro atoms. The highest BCUT2D eigenvalue weighted by Crippen LogP contribution is 2.29. The minimum absolute atomic E-state index is 0.158. The number of hydrogen-bond acceptors (Lipinski definition) is 4. The minimum Gasteiger partial charge on any atom is -0.493 e. The average molecular weight is 381 g/mol. The molecule has 1 N–H and O–H groups in total. The van der Waals surface area contributed by atoms with E-state index in [9.17, 15) is 22.8 Å². The van der Waals surface area contributed by atoms with E-state index in [0.717, 1.165) is 24.3 Å². The number of esters is 1. The van der Waals surface area contributed by atoms with Gasteiger partial charge in [-0.1, -0.05) is 12.1 Å². The van der Waals surface area contributed by atoms with Gasteiger partial charge in [0.05, 0.1) is 12.2 Å². The van der Waals surface area contributed by atoms with E-state index in [0.29, 0.717) is 12.4 Å². The van der Waals surface area contributed by atoms with Crippen LogP contribution in [0.25, 0.3) is 0 Å². The van der Waals surface area contributed by atoms with Crippen molar-refractivity contribution in [1.82, 2.24) is 0 Å². The van der Waals surface area contributed by atoms with E-state index in [1.807, 2.05) is 0 Å². The third-order valence-corrected chi connectivity index (χ3v) is 3.54. The Morgan fingerprint density at radius 2 is 1.70 bits per heavy atom. The van der Waals surface area contributed by atoms with E-state index >= 15 is 0 Å². The molecule has 144 valence electrons. The minimum atomic E-state index is -4.46. The van der Waals surface area contributed by atoms with Crippen LogP contribution in [0.15, 0.2) is 48.5 Å². The van der Waals surface area contributed by atoms with E-state index in [1.54, 1.807) is 25.1 Å². The van der Waals surface area contributed by atoms with Crippen LogP contribution in [0.4, 0.5) is 18.9 Å². The topological polar surface area (TPSA) is 64.6 Å². The van der Waals surface area contributed by atoms with Crippen molar-refractivity contribution in [1.29, 1.82) is 0 Å². The molecule has 0 aliphatic heterocycles. The Morgan fingerprint density at radius 3 is 2.30 bits per heavy atom. The fraction of sp³-hybridized carbons (Fsp3) is 0.263. The van der Waals surface area contributed by atoms with Crippen molar-refractivity contribution in [2.24, 2.45) is 0 Å². The van der Waals surface area contributed by atoms with Crippen LogP contribution in [-0.4, -0.2) is 24.6 Å². The molecule has 0 heterocycles. The van der Waals surface area contributed by atoms with Crippen LogP contribution in [0.3, 0.4) is 0 Å². The van der Waals surface area contributed by atoms with Gasteiger partial charge in [-0.25, -0.2) is 4.79 Å². The van der Waals surface area contributed by atoms with Gasteiger partial charge >= 0.3 is 12.1 Å². The second-order valence-electron chi connectivity index (χ2n) is 5.54. The first-order valence-electron chi connectivity index (χ1n) is 8.13. The summed E-state index contributed by atoms with van der Waals surface area (Å²) in [6.07, 6.45) is -5.62. The Kier molecular flexibility index (Phi) is 6.44. The molecule has 1 atom stereocenters. The molecule has 0 aromatic heterocycles. The zero-order valence-electron chi connectivity index (χ0n) is 14.7. The number of nitrogens with one attached hydrogen (secondary N) is 1. The summed E-state index contributed by atoms with van der Waals surface area (Å²) in [4.78, 5) is 24.4. The first-order chi connectivity index (χ1) is 12.7. The van der Waals surface area contributed by atoms with Gasteiger partial charge in [0, 0.05) is 5.69 Å². The van der Waals surface area contributed by atoms with Crippen molar-refractivity contribution in [3.63, 3.8) is 0 Å². The normalized spacial score (nSPS) is 12.2. The number of rotatable bonds is 6. The predicted molar refractivity (Wildman–Crippen MR) is 92.6 cm³/mol. The van der Waals surface area contributed by atoms with Crippen molar-refractivity contribution in [3.8, 4) is 5.75 Å². The lowest BCUT2D eigenvalue weighted by molar-refractivity contribution is -0.137. The fourth-order valence-corrected chi connectivity index (χ4v) is 2.18. The Balaban J connectivity index is 2.00. The van der Waals surface area contributed by atoms with Gasteiger partial charge in [-0.2, -0.15) is 13.2 Å². The molecule has 2 aromatic carbocycles. The predicted octanol–water partition coefficient (Wildman–Crippen LogP) is 4.29. The summed E-state index contributed by atoms with van der Waals surface area (Å²) in [6, 6.07) is 10.4. The molecule has 2 rings (SSSR count). The number of carbonyl (C=O) groups is 2. The largest absolute Gasteiger partial charge is 0.493 e. The molecule has 8 heteroatoms. The van der Waals surface area contributed by atoms with Gasteiger partial charge in [0.1, 0.15) is 11.3 Å². The monoisotopic (exact) mass is 381 g/mol. The number of hydrogen-bond donors (Lipinski definition) is 1. The van der Waals surface area contributed by atoms with Crippen molar-refractivity contribution < 1.29 is 32.2 Å². The summed E-state index contributed by atoms with van der Waals surface area (Å²) in [5, 5.41) is 2.40. The molecule has 2 aromatic rings. The van der Waals surface area contributed by atoms with Crippen LogP contribution in [0.1, 0.15) is 29.8 Å². The lowest BCUT2D eigenvalue weighted by Gasteiger charge is -2.15. The molecule has 0 saturated carbocycles. The Bertz CT molecular complexity index is 803. The van der Waals surface area contributed by atoms with Gasteiger partial charge in [0.15, 0.2) is 6.10 Å². The van der Waals surface area contributed by atoms with Crippen molar-refractivity contribution >= 4 is 17.6 Å². The van der Waals surface area contributed by atoms with Crippen LogP contribution in [0.5, 0.6) is 5.75 Å². The molecular weight excluding hydrogens is 363 g/mol. The summed E-state index contributed by atoms with van der Waals surface area (Å²) < 4.78 is 48.1. The maximum absolute atomic E-state index is 12.5. The lowest BCUT2D eigenvalue weighted by Crippen LogP contribution is -2.30. The molecule has 1 amide bonds. The molecular formula is C19H18F3NO4. The quantitative estimate of drug-likeness (QED) is 0.759. The number of anilines is 1.